The topological polar surface area (TPSA) is 64.6 Å². The number of rotatable bonds is 8. The molecule has 0 heterocycles. The molecule has 0 radical (unpaired) electrons. The van der Waals surface area contributed by atoms with Gasteiger partial charge in [0.2, 0.25) is 0 Å². The van der Waals surface area contributed by atoms with Crippen molar-refractivity contribution in [2.45, 2.75) is 26.2 Å². The summed E-state index contributed by atoms with van der Waals surface area (Å²) >= 11 is 0. The van der Waals surface area contributed by atoms with Crippen LogP contribution in [0.3, 0.4) is 0 Å². The second-order valence-electron chi connectivity index (χ2n) is 6.27. The molecule has 0 saturated carbocycles. The molecular weight excluding hydrogens is 330 g/mol. The van der Waals surface area contributed by atoms with Crippen molar-refractivity contribution in [3.05, 3.63) is 65.2 Å². The number of nitrogens with one attached hydrogen (secondary N) is 1. The number of ether oxygens (including phenoxy) is 2. The predicted molar refractivity (Wildman–Crippen MR) is 101 cm³/mol. The molecule has 0 atom stereocenters. The van der Waals surface area contributed by atoms with Crippen LogP contribution in [-0.2, 0) is 16.0 Å². The minimum Gasteiger partial charge on any atom is -0.483 e. The molecule has 1 amide bonds. The van der Waals surface area contributed by atoms with E-state index in [0.717, 1.165) is 6.42 Å². The number of benzene rings is 2. The van der Waals surface area contributed by atoms with E-state index >= 15 is 0 Å². The fraction of sp³-hybridized carbons (Fsp3) is 0.333. The minimum absolute atomic E-state index is 0.152. The summed E-state index contributed by atoms with van der Waals surface area (Å²) in [7, 11) is 1.31. The van der Waals surface area contributed by atoms with E-state index in [4.69, 9.17) is 9.47 Å². The molecule has 5 heteroatoms. The van der Waals surface area contributed by atoms with Gasteiger partial charge in [-0.15, -0.1) is 0 Å². The van der Waals surface area contributed by atoms with E-state index in [0.29, 0.717) is 23.8 Å². The second kappa shape index (κ2) is 9.61. The van der Waals surface area contributed by atoms with E-state index in [2.05, 4.69) is 43.4 Å². The van der Waals surface area contributed by atoms with E-state index in [-0.39, 0.29) is 12.5 Å². The number of methoxy groups -OCH3 is 1. The fourth-order valence-corrected chi connectivity index (χ4v) is 2.48. The van der Waals surface area contributed by atoms with Crippen molar-refractivity contribution in [3.8, 4) is 5.75 Å². The summed E-state index contributed by atoms with van der Waals surface area (Å²) in [6.07, 6.45) is 0.753. The van der Waals surface area contributed by atoms with Crippen LogP contribution < -0.4 is 10.1 Å². The van der Waals surface area contributed by atoms with Gasteiger partial charge in [0.1, 0.15) is 11.3 Å². The van der Waals surface area contributed by atoms with E-state index < -0.39 is 5.97 Å². The van der Waals surface area contributed by atoms with Gasteiger partial charge in [0.05, 0.1) is 7.11 Å². The molecule has 5 nitrogen and oxygen atoms in total. The summed E-state index contributed by atoms with van der Waals surface area (Å²) in [5.74, 6) is 0.113. The molecule has 0 fully saturated rings. The number of esters is 1. The molecule has 0 aliphatic rings. The monoisotopic (exact) mass is 355 g/mol. The van der Waals surface area contributed by atoms with Crippen LogP contribution >= 0.6 is 0 Å². The molecule has 0 aliphatic heterocycles. The van der Waals surface area contributed by atoms with Gasteiger partial charge in [-0.25, -0.2) is 4.79 Å². The lowest BCUT2D eigenvalue weighted by Crippen LogP contribution is -2.30. The van der Waals surface area contributed by atoms with Gasteiger partial charge >= 0.3 is 5.97 Å². The van der Waals surface area contributed by atoms with Crippen LogP contribution in [-0.4, -0.2) is 32.1 Å². The van der Waals surface area contributed by atoms with Gasteiger partial charge < -0.3 is 14.8 Å². The largest absolute Gasteiger partial charge is 0.483 e. The number of carbonyl (C=O) groups is 2. The van der Waals surface area contributed by atoms with Crippen molar-refractivity contribution < 1.29 is 19.1 Å². The van der Waals surface area contributed by atoms with Crippen LogP contribution in [0.4, 0.5) is 0 Å². The van der Waals surface area contributed by atoms with E-state index in [9.17, 15) is 9.59 Å². The third-order valence-electron chi connectivity index (χ3n) is 4.03. The first-order valence-corrected chi connectivity index (χ1v) is 8.67. The zero-order valence-corrected chi connectivity index (χ0v) is 15.5. The molecule has 0 bridgehead atoms. The van der Waals surface area contributed by atoms with Crippen molar-refractivity contribution in [1.29, 1.82) is 0 Å². The molecule has 2 aromatic rings. The maximum Gasteiger partial charge on any atom is 0.341 e. The van der Waals surface area contributed by atoms with Crippen LogP contribution in [0.1, 0.15) is 41.3 Å². The van der Waals surface area contributed by atoms with Crippen molar-refractivity contribution in [2.75, 3.05) is 20.3 Å². The van der Waals surface area contributed by atoms with Gasteiger partial charge in [0.15, 0.2) is 6.61 Å². The molecular formula is C21H25NO4. The van der Waals surface area contributed by atoms with Crippen molar-refractivity contribution >= 4 is 11.9 Å². The first-order valence-electron chi connectivity index (χ1n) is 8.67. The zero-order valence-electron chi connectivity index (χ0n) is 15.5. The van der Waals surface area contributed by atoms with Crippen LogP contribution in [0.15, 0.2) is 48.5 Å². The summed E-state index contributed by atoms with van der Waals surface area (Å²) in [6.45, 7) is 4.70. The average Bonchev–Trinajstić information content (AvgIpc) is 2.66. The Labute approximate surface area is 154 Å². The van der Waals surface area contributed by atoms with Gasteiger partial charge in [-0.05, 0) is 35.6 Å². The Morgan fingerprint density at radius 1 is 1.04 bits per heavy atom. The lowest BCUT2D eigenvalue weighted by molar-refractivity contribution is -0.123. The van der Waals surface area contributed by atoms with Crippen LogP contribution in [0.2, 0.25) is 0 Å². The van der Waals surface area contributed by atoms with Crippen LogP contribution in [0.5, 0.6) is 5.75 Å². The predicted octanol–water partition coefficient (Wildman–Crippen LogP) is 3.33. The van der Waals surface area contributed by atoms with Crippen molar-refractivity contribution in [1.82, 2.24) is 5.32 Å². The summed E-state index contributed by atoms with van der Waals surface area (Å²) in [6, 6.07) is 15.1. The maximum absolute atomic E-state index is 11.9. The smallest absolute Gasteiger partial charge is 0.341 e. The Balaban J connectivity index is 1.78. The quantitative estimate of drug-likeness (QED) is 0.738. The zero-order chi connectivity index (χ0) is 18.9. The molecule has 0 saturated heterocycles. The number of carbonyl (C=O) groups excluding carboxylic acids is 2. The van der Waals surface area contributed by atoms with Gasteiger partial charge in [0.25, 0.3) is 5.91 Å². The van der Waals surface area contributed by atoms with Gasteiger partial charge in [-0.3, -0.25) is 4.79 Å². The Bertz CT molecular complexity index is 738. The third kappa shape index (κ3) is 5.62. The Morgan fingerprint density at radius 3 is 2.38 bits per heavy atom. The number of hydrogen-bond acceptors (Lipinski definition) is 4. The molecule has 2 rings (SSSR count). The van der Waals surface area contributed by atoms with E-state index in [1.807, 2.05) is 0 Å². The molecule has 138 valence electrons. The SMILES string of the molecule is COC(=O)c1ccccc1OCC(=O)NCCc1ccc(C(C)C)cc1. The first kappa shape index (κ1) is 19.5. The molecule has 0 aromatic heterocycles. The molecule has 0 aliphatic carbocycles. The standard InChI is InChI=1S/C21H25NO4/c1-15(2)17-10-8-16(9-11-17)12-13-22-20(23)14-26-19-7-5-4-6-18(19)21(24)25-3/h4-11,15H,12-14H2,1-3H3,(H,22,23). The highest BCUT2D eigenvalue weighted by Gasteiger charge is 2.13. The number of para-hydroxylation sites is 1. The molecule has 1 N–H and O–H groups in total. The Morgan fingerprint density at radius 2 is 1.73 bits per heavy atom. The third-order valence-corrected chi connectivity index (χ3v) is 4.03. The lowest BCUT2D eigenvalue weighted by atomic mass is 10.0. The summed E-state index contributed by atoms with van der Waals surface area (Å²) < 4.78 is 10.2. The van der Waals surface area contributed by atoms with Gasteiger partial charge in [-0.2, -0.15) is 0 Å². The Kier molecular flexibility index (Phi) is 7.21. The van der Waals surface area contributed by atoms with E-state index in [1.165, 1.54) is 18.2 Å². The average molecular weight is 355 g/mol. The number of hydrogen-bond donors (Lipinski definition) is 1. The first-order chi connectivity index (χ1) is 12.5. The van der Waals surface area contributed by atoms with E-state index in [1.54, 1.807) is 24.3 Å². The highest BCUT2D eigenvalue weighted by Crippen LogP contribution is 2.18. The van der Waals surface area contributed by atoms with Crippen molar-refractivity contribution in [2.24, 2.45) is 0 Å². The van der Waals surface area contributed by atoms with Gasteiger partial charge in [-0.1, -0.05) is 50.2 Å². The summed E-state index contributed by atoms with van der Waals surface area (Å²) in [5.41, 5.74) is 2.77. The molecule has 26 heavy (non-hydrogen) atoms. The fourth-order valence-electron chi connectivity index (χ4n) is 2.48. The molecule has 2 aromatic carbocycles. The van der Waals surface area contributed by atoms with Gasteiger partial charge in [0, 0.05) is 6.54 Å². The van der Waals surface area contributed by atoms with Crippen molar-refractivity contribution in [3.63, 3.8) is 0 Å². The molecule has 0 unspecified atom stereocenters. The Hall–Kier alpha value is -2.82. The molecule has 0 spiro atoms. The highest BCUT2D eigenvalue weighted by molar-refractivity contribution is 5.92. The highest BCUT2D eigenvalue weighted by atomic mass is 16.5. The maximum atomic E-state index is 11.9. The normalized spacial score (nSPS) is 10.5. The minimum atomic E-state index is -0.495. The number of amides is 1. The lowest BCUT2D eigenvalue weighted by Gasteiger charge is -2.11. The second-order valence-corrected chi connectivity index (χ2v) is 6.27. The van der Waals surface area contributed by atoms with Crippen LogP contribution in [0.25, 0.3) is 0 Å². The van der Waals surface area contributed by atoms with Crippen LogP contribution in [0, 0.1) is 0 Å². The summed E-state index contributed by atoms with van der Waals surface area (Å²) in [4.78, 5) is 23.6. The summed E-state index contributed by atoms with van der Waals surface area (Å²) in [5, 5.41) is 2.82.